The fourth-order valence-corrected chi connectivity index (χ4v) is 0.636. The molecular formula is C5H11N. The molecule has 1 fully saturated rings. The van der Waals surface area contributed by atoms with E-state index in [1.165, 1.54) is 19.4 Å². The van der Waals surface area contributed by atoms with Crippen LogP contribution in [0.2, 0.25) is 0 Å². The van der Waals surface area contributed by atoms with Crippen molar-refractivity contribution in [2.75, 3.05) is 6.54 Å². The summed E-state index contributed by atoms with van der Waals surface area (Å²) >= 11 is 0. The molecule has 0 bridgehead atoms. The van der Waals surface area contributed by atoms with Gasteiger partial charge in [-0.3, -0.25) is 0 Å². The molecule has 0 saturated carbocycles. The Balaban J connectivity index is 1.88. The highest BCUT2D eigenvalue weighted by molar-refractivity contribution is 4.81. The van der Waals surface area contributed by atoms with Gasteiger partial charge in [-0.25, -0.2) is 0 Å². The lowest BCUT2D eigenvalue weighted by Crippen LogP contribution is -1.85. The highest BCUT2D eigenvalue weighted by atomic mass is 15.1. The van der Waals surface area contributed by atoms with Crippen molar-refractivity contribution < 1.29 is 0 Å². The Hall–Kier alpha value is -0.0400. The maximum absolute atomic E-state index is 3.24. The Morgan fingerprint density at radius 1 is 1.83 bits per heavy atom. The zero-order valence-corrected chi connectivity index (χ0v) is 4.20. The lowest BCUT2D eigenvalue weighted by atomic mass is 10.3. The minimum Gasteiger partial charge on any atom is -0.311 e. The molecule has 1 atom stereocenters. The van der Waals surface area contributed by atoms with E-state index < -0.39 is 0 Å². The molecular weight excluding hydrogens is 74.1 g/mol. The molecule has 0 aromatic carbocycles. The minimum atomic E-state index is 0.898. The molecule has 1 rings (SSSR count). The van der Waals surface area contributed by atoms with Gasteiger partial charge in [-0.05, 0) is 6.42 Å². The fourth-order valence-electron chi connectivity index (χ4n) is 0.636. The SMILES string of the molecule is CCC[C@@H]1CN1. The van der Waals surface area contributed by atoms with Gasteiger partial charge in [-0.1, -0.05) is 13.3 Å². The Morgan fingerprint density at radius 2 is 2.50 bits per heavy atom. The van der Waals surface area contributed by atoms with Crippen LogP contribution in [-0.2, 0) is 0 Å². The van der Waals surface area contributed by atoms with Gasteiger partial charge in [0.05, 0.1) is 0 Å². The van der Waals surface area contributed by atoms with Crippen LogP contribution in [0.4, 0.5) is 0 Å². The van der Waals surface area contributed by atoms with E-state index in [0.717, 1.165) is 6.04 Å². The molecule has 1 heteroatoms. The van der Waals surface area contributed by atoms with Crippen LogP contribution in [-0.4, -0.2) is 12.6 Å². The summed E-state index contributed by atoms with van der Waals surface area (Å²) in [6.07, 6.45) is 2.71. The van der Waals surface area contributed by atoms with Crippen molar-refractivity contribution in [3.63, 3.8) is 0 Å². The topological polar surface area (TPSA) is 21.9 Å². The molecule has 1 N–H and O–H groups in total. The normalized spacial score (nSPS) is 30.5. The average Bonchev–Trinajstić information content (AvgIpc) is 2.21. The molecule has 0 unspecified atom stereocenters. The van der Waals surface area contributed by atoms with Crippen LogP contribution in [0, 0.1) is 0 Å². The van der Waals surface area contributed by atoms with Crippen LogP contribution in [0.5, 0.6) is 0 Å². The molecule has 0 aromatic heterocycles. The quantitative estimate of drug-likeness (QED) is 0.491. The Morgan fingerprint density at radius 3 is 2.67 bits per heavy atom. The number of hydrogen-bond acceptors (Lipinski definition) is 1. The van der Waals surface area contributed by atoms with Gasteiger partial charge in [0.25, 0.3) is 0 Å². The zero-order chi connectivity index (χ0) is 4.41. The van der Waals surface area contributed by atoms with Crippen LogP contribution < -0.4 is 5.32 Å². The first kappa shape index (κ1) is 4.13. The van der Waals surface area contributed by atoms with E-state index in [1.807, 2.05) is 0 Å². The first-order chi connectivity index (χ1) is 2.93. The highest BCUT2D eigenvalue weighted by Gasteiger charge is 2.16. The van der Waals surface area contributed by atoms with E-state index in [4.69, 9.17) is 0 Å². The van der Waals surface area contributed by atoms with Crippen molar-refractivity contribution >= 4 is 0 Å². The maximum atomic E-state index is 3.24. The van der Waals surface area contributed by atoms with E-state index in [1.54, 1.807) is 0 Å². The zero-order valence-electron chi connectivity index (χ0n) is 4.20. The van der Waals surface area contributed by atoms with E-state index in [9.17, 15) is 0 Å². The summed E-state index contributed by atoms with van der Waals surface area (Å²) in [5.74, 6) is 0. The van der Waals surface area contributed by atoms with Gasteiger partial charge in [0, 0.05) is 12.6 Å². The Kier molecular flexibility index (Phi) is 1.10. The summed E-state index contributed by atoms with van der Waals surface area (Å²) in [7, 11) is 0. The van der Waals surface area contributed by atoms with Gasteiger partial charge in [-0.15, -0.1) is 0 Å². The van der Waals surface area contributed by atoms with Crippen LogP contribution in [0.3, 0.4) is 0 Å². The summed E-state index contributed by atoms with van der Waals surface area (Å²) in [6.45, 7) is 3.49. The number of nitrogens with one attached hydrogen (secondary N) is 1. The lowest BCUT2D eigenvalue weighted by Gasteiger charge is -1.81. The Bertz CT molecular complexity index is 39.2. The van der Waals surface area contributed by atoms with Crippen LogP contribution in [0.25, 0.3) is 0 Å². The predicted molar refractivity (Wildman–Crippen MR) is 26.7 cm³/mol. The summed E-state index contributed by atoms with van der Waals surface area (Å²) in [5, 5.41) is 3.24. The molecule has 6 heavy (non-hydrogen) atoms. The van der Waals surface area contributed by atoms with Crippen molar-refractivity contribution in [3.05, 3.63) is 0 Å². The van der Waals surface area contributed by atoms with Crippen molar-refractivity contribution in [2.45, 2.75) is 25.8 Å². The average molecular weight is 85.2 g/mol. The maximum Gasteiger partial charge on any atom is 0.0193 e. The molecule has 0 amide bonds. The summed E-state index contributed by atoms with van der Waals surface area (Å²) < 4.78 is 0. The van der Waals surface area contributed by atoms with Crippen molar-refractivity contribution in [1.29, 1.82) is 0 Å². The number of hydrogen-bond donors (Lipinski definition) is 1. The third-order valence-corrected chi connectivity index (χ3v) is 1.13. The highest BCUT2D eigenvalue weighted by Crippen LogP contribution is 2.03. The van der Waals surface area contributed by atoms with Crippen LogP contribution >= 0.6 is 0 Å². The molecule has 1 aliphatic rings. The van der Waals surface area contributed by atoms with E-state index in [0.29, 0.717) is 0 Å². The summed E-state index contributed by atoms with van der Waals surface area (Å²) in [5.41, 5.74) is 0. The van der Waals surface area contributed by atoms with Crippen molar-refractivity contribution in [2.24, 2.45) is 0 Å². The third-order valence-electron chi connectivity index (χ3n) is 1.13. The minimum absolute atomic E-state index is 0.898. The molecule has 1 aliphatic heterocycles. The molecule has 1 saturated heterocycles. The van der Waals surface area contributed by atoms with E-state index >= 15 is 0 Å². The smallest absolute Gasteiger partial charge is 0.0193 e. The molecule has 0 aliphatic carbocycles. The first-order valence-electron chi connectivity index (χ1n) is 2.67. The standard InChI is InChI=1S/C5H11N/c1-2-3-5-4-6-5/h5-6H,2-4H2,1H3/t5-/m1/s1. The summed E-state index contributed by atoms with van der Waals surface area (Å²) in [4.78, 5) is 0. The largest absolute Gasteiger partial charge is 0.311 e. The van der Waals surface area contributed by atoms with Gasteiger partial charge in [-0.2, -0.15) is 0 Å². The van der Waals surface area contributed by atoms with Gasteiger partial charge in [0.2, 0.25) is 0 Å². The van der Waals surface area contributed by atoms with Crippen LogP contribution in [0.15, 0.2) is 0 Å². The lowest BCUT2D eigenvalue weighted by molar-refractivity contribution is 0.778. The van der Waals surface area contributed by atoms with Gasteiger partial charge < -0.3 is 5.32 Å². The fraction of sp³-hybridized carbons (Fsp3) is 1.00. The summed E-state index contributed by atoms with van der Waals surface area (Å²) in [6, 6.07) is 0.898. The third kappa shape index (κ3) is 0.977. The van der Waals surface area contributed by atoms with Gasteiger partial charge in [0.15, 0.2) is 0 Å². The Labute approximate surface area is 38.7 Å². The molecule has 1 heterocycles. The monoisotopic (exact) mass is 85.1 g/mol. The van der Waals surface area contributed by atoms with Crippen molar-refractivity contribution in [3.8, 4) is 0 Å². The molecule has 1 nitrogen and oxygen atoms in total. The van der Waals surface area contributed by atoms with Crippen LogP contribution in [0.1, 0.15) is 19.8 Å². The second-order valence-electron chi connectivity index (χ2n) is 1.89. The molecule has 36 valence electrons. The van der Waals surface area contributed by atoms with Gasteiger partial charge in [0.1, 0.15) is 0 Å². The second-order valence-corrected chi connectivity index (χ2v) is 1.89. The first-order valence-corrected chi connectivity index (χ1v) is 2.67. The molecule has 0 spiro atoms. The molecule has 0 radical (unpaired) electrons. The predicted octanol–water partition coefficient (Wildman–Crippen LogP) is 0.758. The molecule has 0 aromatic rings. The van der Waals surface area contributed by atoms with E-state index in [2.05, 4.69) is 12.2 Å². The van der Waals surface area contributed by atoms with Gasteiger partial charge >= 0.3 is 0 Å². The number of rotatable bonds is 2. The van der Waals surface area contributed by atoms with Crippen molar-refractivity contribution in [1.82, 2.24) is 5.32 Å². The van der Waals surface area contributed by atoms with E-state index in [-0.39, 0.29) is 0 Å². The second kappa shape index (κ2) is 1.61.